The topological polar surface area (TPSA) is 64.1 Å². The highest BCUT2D eigenvalue weighted by Gasteiger charge is 2.15. The van der Waals surface area contributed by atoms with Crippen LogP contribution in [0.4, 0.5) is 0 Å². The molecule has 1 atom stereocenters. The summed E-state index contributed by atoms with van der Waals surface area (Å²) >= 11 is 3.41. The van der Waals surface area contributed by atoms with Gasteiger partial charge in [-0.3, -0.25) is 10.8 Å². The summed E-state index contributed by atoms with van der Waals surface area (Å²) in [5.41, 5.74) is 3.89. The molecule has 0 saturated carbocycles. The van der Waals surface area contributed by atoms with Crippen LogP contribution in [-0.2, 0) is 12.8 Å². The fraction of sp³-hybridized carbons (Fsp3) is 0.308. The first-order valence-corrected chi connectivity index (χ1v) is 6.66. The van der Waals surface area contributed by atoms with Gasteiger partial charge >= 0.3 is 0 Å². The predicted octanol–water partition coefficient (Wildman–Crippen LogP) is 2.75. The fourth-order valence-corrected chi connectivity index (χ4v) is 2.23. The summed E-state index contributed by atoms with van der Waals surface area (Å²) in [4.78, 5) is 4.14. The number of halogens is 1. The maximum Gasteiger partial charge on any atom is 0.122 e. The third-order valence-electron chi connectivity index (χ3n) is 2.78. The van der Waals surface area contributed by atoms with E-state index in [-0.39, 0.29) is 6.04 Å². The molecule has 3 N–H and O–H groups in total. The zero-order chi connectivity index (χ0) is 13.0. The van der Waals surface area contributed by atoms with Gasteiger partial charge in [0.15, 0.2) is 0 Å². The molecule has 2 aromatic rings. The Bertz CT molecular complexity index is 512. The third-order valence-corrected chi connectivity index (χ3v) is 3.21. The van der Waals surface area contributed by atoms with Crippen molar-refractivity contribution in [3.05, 3.63) is 52.1 Å². The van der Waals surface area contributed by atoms with E-state index in [1.165, 1.54) is 0 Å². The van der Waals surface area contributed by atoms with E-state index < -0.39 is 0 Å². The lowest BCUT2D eigenvalue weighted by atomic mass is 10.1. The molecule has 0 aliphatic heterocycles. The number of furan rings is 1. The average Bonchev–Trinajstić information content (AvgIpc) is 2.84. The van der Waals surface area contributed by atoms with Crippen molar-refractivity contribution in [2.75, 3.05) is 0 Å². The van der Waals surface area contributed by atoms with Gasteiger partial charge in [-0.15, -0.1) is 0 Å². The average molecular weight is 310 g/mol. The van der Waals surface area contributed by atoms with Crippen LogP contribution in [0.15, 0.2) is 39.5 Å². The number of pyridine rings is 1. The smallest absolute Gasteiger partial charge is 0.122 e. The van der Waals surface area contributed by atoms with E-state index in [4.69, 9.17) is 10.3 Å². The van der Waals surface area contributed by atoms with Gasteiger partial charge in [-0.25, -0.2) is 5.43 Å². The maximum atomic E-state index is 5.71. The second-order valence-corrected chi connectivity index (χ2v) is 5.01. The number of hydrazine groups is 1. The summed E-state index contributed by atoms with van der Waals surface area (Å²) in [5, 5.41) is 0. The predicted molar refractivity (Wildman–Crippen MR) is 73.8 cm³/mol. The first-order chi connectivity index (χ1) is 8.72. The van der Waals surface area contributed by atoms with Crippen molar-refractivity contribution >= 4 is 15.9 Å². The van der Waals surface area contributed by atoms with Gasteiger partial charge in [0.1, 0.15) is 11.5 Å². The molecule has 0 aliphatic carbocycles. The molecule has 4 nitrogen and oxygen atoms in total. The van der Waals surface area contributed by atoms with Crippen molar-refractivity contribution in [1.29, 1.82) is 0 Å². The number of rotatable bonds is 5. The Morgan fingerprint density at radius 2 is 2.28 bits per heavy atom. The Morgan fingerprint density at radius 1 is 1.44 bits per heavy atom. The molecule has 2 aromatic heterocycles. The summed E-state index contributed by atoms with van der Waals surface area (Å²) in [7, 11) is 0. The molecular formula is C13H16BrN3O. The van der Waals surface area contributed by atoms with E-state index in [1.54, 1.807) is 6.20 Å². The number of nitrogens with zero attached hydrogens (tertiary/aromatic N) is 1. The van der Waals surface area contributed by atoms with Crippen molar-refractivity contribution in [3.63, 3.8) is 0 Å². The highest BCUT2D eigenvalue weighted by molar-refractivity contribution is 9.10. The molecule has 5 heteroatoms. The zero-order valence-electron chi connectivity index (χ0n) is 10.2. The molecule has 2 rings (SSSR count). The van der Waals surface area contributed by atoms with Crippen LogP contribution in [0.1, 0.15) is 30.0 Å². The molecule has 0 radical (unpaired) electrons. The fourth-order valence-electron chi connectivity index (χ4n) is 1.82. The first-order valence-electron chi connectivity index (χ1n) is 5.87. The van der Waals surface area contributed by atoms with Crippen LogP contribution in [0.3, 0.4) is 0 Å². The van der Waals surface area contributed by atoms with Gasteiger partial charge in [-0.05, 0) is 46.1 Å². The number of hydrogen-bond donors (Lipinski definition) is 2. The Balaban J connectivity index is 2.14. The number of hydrogen-bond acceptors (Lipinski definition) is 4. The molecule has 2 heterocycles. The van der Waals surface area contributed by atoms with E-state index in [0.29, 0.717) is 0 Å². The SMILES string of the molecule is CCc1ccc(C(Cc2cncc(Br)c2)NN)o1. The largest absolute Gasteiger partial charge is 0.464 e. The maximum absolute atomic E-state index is 5.71. The zero-order valence-corrected chi connectivity index (χ0v) is 11.8. The molecule has 0 amide bonds. The number of aromatic nitrogens is 1. The molecule has 0 saturated heterocycles. The summed E-state index contributed by atoms with van der Waals surface area (Å²) in [5.74, 6) is 7.43. The molecular weight excluding hydrogens is 294 g/mol. The number of aryl methyl sites for hydroxylation is 1. The van der Waals surface area contributed by atoms with Gasteiger partial charge in [-0.1, -0.05) is 6.92 Å². The van der Waals surface area contributed by atoms with Gasteiger partial charge in [0.05, 0.1) is 6.04 Å². The van der Waals surface area contributed by atoms with Crippen LogP contribution in [0.2, 0.25) is 0 Å². The standard InChI is InChI=1S/C13H16BrN3O/c1-2-11-3-4-13(18-11)12(17-15)6-9-5-10(14)8-16-7-9/h3-5,7-8,12,17H,2,6,15H2,1H3. The monoisotopic (exact) mass is 309 g/mol. The molecule has 96 valence electrons. The minimum absolute atomic E-state index is 0.0404. The Labute approximate surface area is 115 Å². The Hall–Kier alpha value is -1.17. The quantitative estimate of drug-likeness (QED) is 0.658. The van der Waals surface area contributed by atoms with Crippen LogP contribution in [0.5, 0.6) is 0 Å². The number of nitrogens with two attached hydrogens (primary N) is 1. The number of nitrogens with one attached hydrogen (secondary N) is 1. The molecule has 0 aliphatic rings. The molecule has 0 bridgehead atoms. The van der Waals surface area contributed by atoms with E-state index in [0.717, 1.165) is 34.4 Å². The van der Waals surface area contributed by atoms with Crippen molar-refractivity contribution in [1.82, 2.24) is 10.4 Å². The van der Waals surface area contributed by atoms with Crippen LogP contribution >= 0.6 is 15.9 Å². The van der Waals surface area contributed by atoms with Gasteiger partial charge in [0.25, 0.3) is 0 Å². The van der Waals surface area contributed by atoms with E-state index >= 15 is 0 Å². The van der Waals surface area contributed by atoms with Gasteiger partial charge in [0.2, 0.25) is 0 Å². The molecule has 0 spiro atoms. The Kier molecular flexibility index (Phi) is 4.52. The van der Waals surface area contributed by atoms with Crippen LogP contribution < -0.4 is 11.3 Å². The van der Waals surface area contributed by atoms with Crippen molar-refractivity contribution < 1.29 is 4.42 Å². The van der Waals surface area contributed by atoms with Gasteiger partial charge in [-0.2, -0.15) is 0 Å². The lowest BCUT2D eigenvalue weighted by Gasteiger charge is -2.13. The molecule has 18 heavy (non-hydrogen) atoms. The van der Waals surface area contributed by atoms with Crippen molar-refractivity contribution in [2.45, 2.75) is 25.8 Å². The van der Waals surface area contributed by atoms with Crippen molar-refractivity contribution in [3.8, 4) is 0 Å². The summed E-state index contributed by atoms with van der Waals surface area (Å²) < 4.78 is 6.68. The van der Waals surface area contributed by atoms with E-state index in [9.17, 15) is 0 Å². The van der Waals surface area contributed by atoms with Crippen LogP contribution in [0, 0.1) is 0 Å². The van der Waals surface area contributed by atoms with Crippen LogP contribution in [-0.4, -0.2) is 4.98 Å². The van der Waals surface area contributed by atoms with E-state index in [1.807, 2.05) is 24.4 Å². The van der Waals surface area contributed by atoms with Crippen molar-refractivity contribution in [2.24, 2.45) is 5.84 Å². The lowest BCUT2D eigenvalue weighted by Crippen LogP contribution is -2.29. The highest BCUT2D eigenvalue weighted by atomic mass is 79.9. The lowest BCUT2D eigenvalue weighted by molar-refractivity contribution is 0.396. The Morgan fingerprint density at radius 3 is 2.89 bits per heavy atom. The second kappa shape index (κ2) is 6.13. The minimum atomic E-state index is -0.0404. The minimum Gasteiger partial charge on any atom is -0.464 e. The summed E-state index contributed by atoms with van der Waals surface area (Å²) in [6, 6.07) is 5.94. The van der Waals surface area contributed by atoms with Gasteiger partial charge in [0, 0.05) is 23.3 Å². The highest BCUT2D eigenvalue weighted by Crippen LogP contribution is 2.21. The molecule has 0 aromatic carbocycles. The van der Waals surface area contributed by atoms with Crippen LogP contribution in [0.25, 0.3) is 0 Å². The second-order valence-electron chi connectivity index (χ2n) is 4.09. The summed E-state index contributed by atoms with van der Waals surface area (Å²) in [6.07, 6.45) is 5.21. The molecule has 1 unspecified atom stereocenters. The first kappa shape index (κ1) is 13.3. The summed E-state index contributed by atoms with van der Waals surface area (Å²) in [6.45, 7) is 2.06. The molecule has 0 fully saturated rings. The van der Waals surface area contributed by atoms with E-state index in [2.05, 4.69) is 33.3 Å². The normalized spacial score (nSPS) is 12.6. The third kappa shape index (κ3) is 3.19. The van der Waals surface area contributed by atoms with Gasteiger partial charge < -0.3 is 4.42 Å².